The first kappa shape index (κ1) is 18.7. The summed E-state index contributed by atoms with van der Waals surface area (Å²) in [6, 6.07) is 9.59. The van der Waals surface area contributed by atoms with Gasteiger partial charge in [0.1, 0.15) is 12.4 Å². The maximum Gasteiger partial charge on any atom is 0.270 e. The van der Waals surface area contributed by atoms with Gasteiger partial charge in [0.15, 0.2) is 9.84 Å². The van der Waals surface area contributed by atoms with Crippen molar-refractivity contribution in [1.29, 1.82) is 0 Å². The van der Waals surface area contributed by atoms with Gasteiger partial charge >= 0.3 is 0 Å². The second-order valence-electron chi connectivity index (χ2n) is 5.81. The van der Waals surface area contributed by atoms with Crippen LogP contribution in [0.25, 0.3) is 0 Å². The number of ether oxygens (including phenoxy) is 1. The molecule has 0 bridgehead atoms. The molecule has 0 saturated heterocycles. The highest BCUT2D eigenvalue weighted by Crippen LogP contribution is 2.26. The Balaban J connectivity index is 2.06. The van der Waals surface area contributed by atoms with Gasteiger partial charge in [-0.3, -0.25) is 10.1 Å². The summed E-state index contributed by atoms with van der Waals surface area (Å²) in [5, 5.41) is 13.8. The summed E-state index contributed by atoms with van der Waals surface area (Å²) in [5.41, 5.74) is 2.24. The Bertz CT molecular complexity index is 874. The maximum atomic E-state index is 11.9. The van der Waals surface area contributed by atoms with Crippen LogP contribution in [0.5, 0.6) is 5.75 Å². The Morgan fingerprint density at radius 1 is 1.12 bits per heavy atom. The third kappa shape index (κ3) is 5.18. The molecule has 0 amide bonds. The van der Waals surface area contributed by atoms with Crippen molar-refractivity contribution in [2.75, 3.05) is 24.7 Å². The second kappa shape index (κ2) is 7.52. The number of hydrogen-bond acceptors (Lipinski definition) is 6. The predicted molar refractivity (Wildman–Crippen MR) is 96.1 cm³/mol. The zero-order chi connectivity index (χ0) is 18.6. The first-order chi connectivity index (χ1) is 11.7. The van der Waals surface area contributed by atoms with E-state index >= 15 is 0 Å². The maximum absolute atomic E-state index is 11.9. The van der Waals surface area contributed by atoms with Gasteiger partial charge in [-0.05, 0) is 43.2 Å². The van der Waals surface area contributed by atoms with E-state index in [0.717, 1.165) is 29.2 Å². The molecule has 25 heavy (non-hydrogen) atoms. The molecule has 0 aromatic heterocycles. The predicted octanol–water partition coefficient (Wildman–Crippen LogP) is 3.11. The first-order valence-corrected chi connectivity index (χ1v) is 9.49. The zero-order valence-electron chi connectivity index (χ0n) is 14.3. The average Bonchev–Trinajstić information content (AvgIpc) is 2.49. The molecular weight excluding hydrogens is 344 g/mol. The van der Waals surface area contributed by atoms with Crippen LogP contribution in [0.4, 0.5) is 11.4 Å². The Kier molecular flexibility index (Phi) is 5.63. The summed E-state index contributed by atoms with van der Waals surface area (Å²) in [5.74, 6) is 0.742. The molecule has 0 atom stereocenters. The molecule has 8 heteroatoms. The van der Waals surface area contributed by atoms with Crippen LogP contribution in [0.3, 0.4) is 0 Å². The lowest BCUT2D eigenvalue weighted by Crippen LogP contribution is -2.14. The minimum absolute atomic E-state index is 0.104. The monoisotopic (exact) mass is 364 g/mol. The third-order valence-corrected chi connectivity index (χ3v) is 4.59. The molecule has 0 unspecified atom stereocenters. The molecule has 0 aliphatic heterocycles. The Hall–Kier alpha value is -2.61. The lowest BCUT2D eigenvalue weighted by atomic mass is 10.1. The largest absolute Gasteiger partial charge is 0.492 e. The second-order valence-corrected chi connectivity index (χ2v) is 7.79. The summed E-state index contributed by atoms with van der Waals surface area (Å²) >= 11 is 0. The molecule has 0 spiro atoms. The normalized spacial score (nSPS) is 11.2. The molecule has 2 aromatic carbocycles. The summed E-state index contributed by atoms with van der Waals surface area (Å²) < 4.78 is 29.4. The number of sulfone groups is 1. The molecule has 0 fully saturated rings. The van der Waals surface area contributed by atoms with Gasteiger partial charge in [-0.2, -0.15) is 0 Å². The Morgan fingerprint density at radius 3 is 2.32 bits per heavy atom. The zero-order valence-corrected chi connectivity index (χ0v) is 15.1. The van der Waals surface area contributed by atoms with E-state index in [1.807, 2.05) is 32.0 Å². The fraction of sp³-hybridized carbons (Fsp3) is 0.294. The number of rotatable bonds is 7. The number of aryl methyl sites for hydroxylation is 2. The molecule has 7 nitrogen and oxygen atoms in total. The van der Waals surface area contributed by atoms with E-state index in [4.69, 9.17) is 4.74 Å². The van der Waals surface area contributed by atoms with Crippen LogP contribution in [0.15, 0.2) is 41.3 Å². The first-order valence-electron chi connectivity index (χ1n) is 7.60. The molecule has 0 aliphatic carbocycles. The van der Waals surface area contributed by atoms with E-state index < -0.39 is 14.8 Å². The number of benzene rings is 2. The fourth-order valence-electron chi connectivity index (χ4n) is 2.45. The van der Waals surface area contributed by atoms with Gasteiger partial charge in [-0.1, -0.05) is 6.07 Å². The number of nitro groups is 1. The van der Waals surface area contributed by atoms with Crippen LogP contribution in [-0.4, -0.2) is 32.7 Å². The molecule has 2 aromatic rings. The lowest BCUT2D eigenvalue weighted by molar-refractivity contribution is -0.385. The van der Waals surface area contributed by atoms with Crippen molar-refractivity contribution in [2.24, 2.45) is 0 Å². The van der Waals surface area contributed by atoms with Crippen molar-refractivity contribution >= 4 is 21.2 Å². The van der Waals surface area contributed by atoms with Crippen LogP contribution in [0.2, 0.25) is 0 Å². The van der Waals surface area contributed by atoms with Crippen LogP contribution in [0.1, 0.15) is 11.1 Å². The van der Waals surface area contributed by atoms with Crippen LogP contribution in [-0.2, 0) is 9.84 Å². The smallest absolute Gasteiger partial charge is 0.270 e. The fourth-order valence-corrected chi connectivity index (χ4v) is 3.32. The number of anilines is 1. The topological polar surface area (TPSA) is 98.5 Å². The number of nitro benzene ring substituents is 1. The number of hydrogen-bond donors (Lipinski definition) is 1. The number of nitrogens with zero attached hydrogens (tertiary/aromatic N) is 1. The van der Waals surface area contributed by atoms with E-state index in [0.29, 0.717) is 18.8 Å². The van der Waals surface area contributed by atoms with E-state index in [9.17, 15) is 18.5 Å². The van der Waals surface area contributed by atoms with E-state index in [-0.39, 0.29) is 10.6 Å². The molecule has 1 N–H and O–H groups in total. The van der Waals surface area contributed by atoms with Gasteiger partial charge in [0, 0.05) is 24.9 Å². The summed E-state index contributed by atoms with van der Waals surface area (Å²) in [6.45, 7) is 4.64. The molecule has 134 valence electrons. The van der Waals surface area contributed by atoms with Crippen molar-refractivity contribution < 1.29 is 18.1 Å². The standard InChI is InChI=1S/C17H20N2O5S/c1-12-8-13(2)10-15(9-12)24-7-6-18-16-5-4-14(19(20)21)11-17(16)25(3,22)23/h4-5,8-11,18H,6-7H2,1-3H3. The van der Waals surface area contributed by atoms with Crippen molar-refractivity contribution in [3.63, 3.8) is 0 Å². The highest BCUT2D eigenvalue weighted by molar-refractivity contribution is 7.90. The average molecular weight is 364 g/mol. The van der Waals surface area contributed by atoms with Gasteiger partial charge in [-0.25, -0.2) is 8.42 Å². The van der Waals surface area contributed by atoms with Gasteiger partial charge < -0.3 is 10.1 Å². The molecule has 0 heterocycles. The van der Waals surface area contributed by atoms with Crippen molar-refractivity contribution in [3.05, 3.63) is 57.6 Å². The van der Waals surface area contributed by atoms with Crippen molar-refractivity contribution in [3.8, 4) is 5.75 Å². The van der Waals surface area contributed by atoms with E-state index in [1.54, 1.807) is 0 Å². The van der Waals surface area contributed by atoms with E-state index in [2.05, 4.69) is 5.32 Å². The van der Waals surface area contributed by atoms with Crippen LogP contribution < -0.4 is 10.1 Å². The van der Waals surface area contributed by atoms with Crippen LogP contribution >= 0.6 is 0 Å². The van der Waals surface area contributed by atoms with Crippen molar-refractivity contribution in [1.82, 2.24) is 0 Å². The Morgan fingerprint density at radius 2 is 1.76 bits per heavy atom. The Labute approximate surface area is 146 Å². The van der Waals surface area contributed by atoms with Gasteiger partial charge in [-0.15, -0.1) is 0 Å². The third-order valence-electron chi connectivity index (χ3n) is 3.46. The van der Waals surface area contributed by atoms with Crippen LogP contribution in [0, 0.1) is 24.0 Å². The highest BCUT2D eigenvalue weighted by Gasteiger charge is 2.18. The molecule has 0 radical (unpaired) electrons. The summed E-state index contributed by atoms with van der Waals surface area (Å²) in [4.78, 5) is 10.1. The quantitative estimate of drug-likeness (QED) is 0.460. The van der Waals surface area contributed by atoms with E-state index in [1.165, 1.54) is 12.1 Å². The minimum atomic E-state index is -3.60. The molecule has 2 rings (SSSR count). The van der Waals surface area contributed by atoms with Gasteiger partial charge in [0.2, 0.25) is 0 Å². The lowest BCUT2D eigenvalue weighted by Gasteiger charge is -2.12. The number of non-ortho nitro benzene ring substituents is 1. The molecule has 0 aliphatic rings. The SMILES string of the molecule is Cc1cc(C)cc(OCCNc2ccc([N+](=O)[O-])cc2S(C)(=O)=O)c1. The minimum Gasteiger partial charge on any atom is -0.492 e. The summed E-state index contributed by atoms with van der Waals surface area (Å²) in [7, 11) is -3.60. The highest BCUT2D eigenvalue weighted by atomic mass is 32.2. The molecule has 0 saturated carbocycles. The number of nitrogens with one attached hydrogen (secondary N) is 1. The molecular formula is C17H20N2O5S. The van der Waals surface area contributed by atoms with Gasteiger partial charge in [0.05, 0.1) is 15.5 Å². The summed E-state index contributed by atoms with van der Waals surface area (Å²) in [6.07, 6.45) is 1.02. The van der Waals surface area contributed by atoms with Gasteiger partial charge in [0.25, 0.3) is 5.69 Å². The van der Waals surface area contributed by atoms with Crippen molar-refractivity contribution in [2.45, 2.75) is 18.7 Å².